The zero-order chi connectivity index (χ0) is 12.1. The van der Waals surface area contributed by atoms with Crippen LogP contribution in [0.15, 0.2) is 48.5 Å². The van der Waals surface area contributed by atoms with Gasteiger partial charge in [-0.1, -0.05) is 36.4 Å². The van der Waals surface area contributed by atoms with Gasteiger partial charge in [-0.25, -0.2) is 0 Å². The van der Waals surface area contributed by atoms with Crippen molar-refractivity contribution in [1.82, 2.24) is 0 Å². The molecule has 2 nitrogen and oxygen atoms in total. The molecule has 0 radical (unpaired) electrons. The van der Waals surface area contributed by atoms with Gasteiger partial charge in [0.25, 0.3) is 0 Å². The number of hydrogen-bond donors (Lipinski definition) is 1. The van der Waals surface area contributed by atoms with Crippen molar-refractivity contribution < 1.29 is 0 Å². The zero-order valence-corrected chi connectivity index (χ0v) is 9.30. The third kappa shape index (κ3) is 2.96. The molecule has 0 bridgehead atoms. The molecule has 82 valence electrons. The van der Waals surface area contributed by atoms with E-state index in [4.69, 9.17) is 11.0 Å². The van der Waals surface area contributed by atoms with Crippen molar-refractivity contribution in [1.29, 1.82) is 5.26 Å². The molecule has 0 aliphatic carbocycles. The molecule has 0 saturated heterocycles. The highest BCUT2D eigenvalue weighted by Gasteiger charge is 1.91. The van der Waals surface area contributed by atoms with Gasteiger partial charge in [0.05, 0.1) is 11.6 Å². The normalized spacial score (nSPS) is 10.3. The highest BCUT2D eigenvalue weighted by molar-refractivity contribution is 5.70. The Bertz CT molecular complexity index is 575. The molecule has 0 spiro atoms. The van der Waals surface area contributed by atoms with Gasteiger partial charge in [0.15, 0.2) is 0 Å². The van der Waals surface area contributed by atoms with Gasteiger partial charge in [-0.2, -0.15) is 5.26 Å². The van der Waals surface area contributed by atoms with Crippen LogP contribution in [0.25, 0.3) is 12.2 Å². The lowest BCUT2D eigenvalue weighted by Gasteiger charge is -1.96. The summed E-state index contributed by atoms with van der Waals surface area (Å²) in [6, 6.07) is 17.3. The van der Waals surface area contributed by atoms with Gasteiger partial charge in [-0.3, -0.25) is 0 Å². The third-order valence-corrected chi connectivity index (χ3v) is 2.42. The Morgan fingerprint density at radius 2 is 1.65 bits per heavy atom. The SMILES string of the molecule is N#Cc1cccc(C=Cc2ccc(N)cc2)c1. The maximum Gasteiger partial charge on any atom is 0.0991 e. The van der Waals surface area contributed by atoms with Gasteiger partial charge in [0, 0.05) is 5.69 Å². The molecule has 0 unspecified atom stereocenters. The number of anilines is 1. The number of hydrogen-bond acceptors (Lipinski definition) is 2. The monoisotopic (exact) mass is 220 g/mol. The average Bonchev–Trinajstić information content (AvgIpc) is 2.38. The Kier molecular flexibility index (Phi) is 3.23. The van der Waals surface area contributed by atoms with E-state index in [-0.39, 0.29) is 0 Å². The largest absolute Gasteiger partial charge is 0.399 e. The molecule has 0 aromatic heterocycles. The second-order valence-corrected chi connectivity index (χ2v) is 3.74. The topological polar surface area (TPSA) is 49.8 Å². The molecule has 2 aromatic carbocycles. The summed E-state index contributed by atoms with van der Waals surface area (Å²) >= 11 is 0. The Morgan fingerprint density at radius 3 is 2.35 bits per heavy atom. The van der Waals surface area contributed by atoms with Crippen molar-refractivity contribution in [3.05, 3.63) is 65.2 Å². The molecule has 0 amide bonds. The smallest absolute Gasteiger partial charge is 0.0991 e. The number of nitriles is 1. The molecule has 2 aromatic rings. The molecule has 2 N–H and O–H groups in total. The summed E-state index contributed by atoms with van der Waals surface area (Å²) < 4.78 is 0. The maximum atomic E-state index is 8.79. The van der Waals surface area contributed by atoms with Gasteiger partial charge in [0.1, 0.15) is 0 Å². The summed E-state index contributed by atoms with van der Waals surface area (Å²) in [5.74, 6) is 0. The van der Waals surface area contributed by atoms with Crippen LogP contribution in [0.5, 0.6) is 0 Å². The van der Waals surface area contributed by atoms with Gasteiger partial charge in [-0.15, -0.1) is 0 Å². The summed E-state index contributed by atoms with van der Waals surface area (Å²) in [6.07, 6.45) is 3.97. The summed E-state index contributed by atoms with van der Waals surface area (Å²) in [5, 5.41) is 8.79. The van der Waals surface area contributed by atoms with Crippen LogP contribution in [0.1, 0.15) is 16.7 Å². The van der Waals surface area contributed by atoms with E-state index in [0.29, 0.717) is 5.56 Å². The van der Waals surface area contributed by atoms with Crippen LogP contribution in [0, 0.1) is 11.3 Å². The molecule has 0 aliphatic rings. The first-order chi connectivity index (χ1) is 8.28. The molecule has 0 aliphatic heterocycles. The van der Waals surface area contributed by atoms with Gasteiger partial charge in [0.2, 0.25) is 0 Å². The van der Waals surface area contributed by atoms with Crippen LogP contribution in [0.3, 0.4) is 0 Å². The fourth-order valence-corrected chi connectivity index (χ4v) is 1.51. The van der Waals surface area contributed by atoms with Gasteiger partial charge in [-0.05, 0) is 35.4 Å². The van der Waals surface area contributed by atoms with E-state index in [9.17, 15) is 0 Å². The van der Waals surface area contributed by atoms with E-state index in [2.05, 4.69) is 6.07 Å². The predicted molar refractivity (Wildman–Crippen MR) is 70.9 cm³/mol. The van der Waals surface area contributed by atoms with Crippen molar-refractivity contribution in [3.63, 3.8) is 0 Å². The Hall–Kier alpha value is -2.53. The lowest BCUT2D eigenvalue weighted by Crippen LogP contribution is -1.82. The molecule has 0 atom stereocenters. The average molecular weight is 220 g/mol. The fourth-order valence-electron chi connectivity index (χ4n) is 1.51. The first kappa shape index (κ1) is 11.0. The van der Waals surface area contributed by atoms with Crippen molar-refractivity contribution in [2.45, 2.75) is 0 Å². The highest BCUT2D eigenvalue weighted by Crippen LogP contribution is 2.11. The lowest BCUT2D eigenvalue weighted by molar-refractivity contribution is 1.48. The number of nitrogens with two attached hydrogens (primary N) is 1. The lowest BCUT2D eigenvalue weighted by atomic mass is 10.1. The number of benzene rings is 2. The summed E-state index contributed by atoms with van der Waals surface area (Å²) in [7, 11) is 0. The van der Waals surface area contributed by atoms with Crippen molar-refractivity contribution in [2.75, 3.05) is 5.73 Å². The van der Waals surface area contributed by atoms with Gasteiger partial charge < -0.3 is 5.73 Å². The first-order valence-corrected chi connectivity index (χ1v) is 5.32. The minimum atomic E-state index is 0.671. The summed E-state index contributed by atoms with van der Waals surface area (Å²) in [4.78, 5) is 0. The quantitative estimate of drug-likeness (QED) is 0.623. The Balaban J connectivity index is 2.20. The molecule has 2 heteroatoms. The molecule has 0 saturated carbocycles. The molecular weight excluding hydrogens is 208 g/mol. The van der Waals surface area contributed by atoms with E-state index in [1.54, 1.807) is 6.07 Å². The van der Waals surface area contributed by atoms with E-state index >= 15 is 0 Å². The molecular formula is C15H12N2. The number of nitrogens with zero attached hydrogens (tertiary/aromatic N) is 1. The second kappa shape index (κ2) is 5.00. The first-order valence-electron chi connectivity index (χ1n) is 5.32. The van der Waals surface area contributed by atoms with Crippen LogP contribution < -0.4 is 5.73 Å². The molecule has 0 fully saturated rings. The minimum Gasteiger partial charge on any atom is -0.399 e. The Morgan fingerprint density at radius 1 is 0.941 bits per heavy atom. The predicted octanol–water partition coefficient (Wildman–Crippen LogP) is 3.31. The highest BCUT2D eigenvalue weighted by atomic mass is 14.5. The van der Waals surface area contributed by atoms with Crippen LogP contribution in [0.4, 0.5) is 5.69 Å². The van der Waals surface area contributed by atoms with Crippen molar-refractivity contribution in [2.24, 2.45) is 0 Å². The maximum absolute atomic E-state index is 8.79. The van der Waals surface area contributed by atoms with Crippen LogP contribution >= 0.6 is 0 Å². The standard InChI is InChI=1S/C15H12N2/c16-11-14-3-1-2-13(10-14)5-4-12-6-8-15(17)9-7-12/h1-10H,17H2. The van der Waals surface area contributed by atoms with Crippen LogP contribution in [-0.4, -0.2) is 0 Å². The zero-order valence-electron chi connectivity index (χ0n) is 9.30. The third-order valence-electron chi connectivity index (χ3n) is 2.42. The Labute approximate surface area is 101 Å². The van der Waals surface area contributed by atoms with Gasteiger partial charge >= 0.3 is 0 Å². The van der Waals surface area contributed by atoms with Crippen LogP contribution in [-0.2, 0) is 0 Å². The van der Waals surface area contributed by atoms with E-state index in [1.807, 2.05) is 54.6 Å². The van der Waals surface area contributed by atoms with E-state index in [1.165, 1.54) is 0 Å². The van der Waals surface area contributed by atoms with E-state index in [0.717, 1.165) is 16.8 Å². The second-order valence-electron chi connectivity index (χ2n) is 3.74. The summed E-state index contributed by atoms with van der Waals surface area (Å²) in [5.41, 5.74) is 9.14. The molecule has 2 rings (SSSR count). The fraction of sp³-hybridized carbons (Fsp3) is 0. The minimum absolute atomic E-state index is 0.671. The van der Waals surface area contributed by atoms with Crippen molar-refractivity contribution in [3.8, 4) is 6.07 Å². The molecule has 17 heavy (non-hydrogen) atoms. The number of rotatable bonds is 2. The van der Waals surface area contributed by atoms with Crippen molar-refractivity contribution >= 4 is 17.8 Å². The number of nitrogen functional groups attached to an aromatic ring is 1. The summed E-state index contributed by atoms with van der Waals surface area (Å²) in [6.45, 7) is 0. The van der Waals surface area contributed by atoms with E-state index < -0.39 is 0 Å². The van der Waals surface area contributed by atoms with Crippen LogP contribution in [0.2, 0.25) is 0 Å². The molecule has 0 heterocycles.